The summed E-state index contributed by atoms with van der Waals surface area (Å²) in [5.74, 6) is 0.262. The first kappa shape index (κ1) is 16.0. The van der Waals surface area contributed by atoms with Gasteiger partial charge in [-0.1, -0.05) is 0 Å². The van der Waals surface area contributed by atoms with Crippen molar-refractivity contribution >= 4 is 17.4 Å². The number of halogens is 3. The highest BCUT2D eigenvalue weighted by atomic mass is 19.4. The minimum Gasteiger partial charge on any atom is -0.340 e. The molecule has 0 saturated carbocycles. The molecule has 3 heterocycles. The first-order chi connectivity index (χ1) is 10.7. The Labute approximate surface area is 132 Å². The minimum absolute atomic E-state index is 0.191. The average Bonchev–Trinajstić information content (AvgIpc) is 2.50. The summed E-state index contributed by atoms with van der Waals surface area (Å²) in [6, 6.07) is 0.927. The molecule has 3 rings (SSSR count). The van der Waals surface area contributed by atoms with Gasteiger partial charge in [0.2, 0.25) is 0 Å². The van der Waals surface area contributed by atoms with Gasteiger partial charge in [0.25, 0.3) is 5.91 Å². The zero-order valence-corrected chi connectivity index (χ0v) is 13.3. The fraction of sp³-hybridized carbons (Fsp3) is 0.600. The summed E-state index contributed by atoms with van der Waals surface area (Å²) in [7, 11) is 1.51. The molecular formula is C15H19F3N4O. The number of pyridine rings is 1. The number of rotatable bonds is 1. The van der Waals surface area contributed by atoms with E-state index in [1.165, 1.54) is 11.9 Å². The number of alkyl halides is 3. The molecule has 0 spiro atoms. The molecule has 0 bridgehead atoms. The lowest BCUT2D eigenvalue weighted by atomic mass is 10.0. The number of fused-ring (bicyclic) bond motifs is 3. The van der Waals surface area contributed by atoms with E-state index >= 15 is 0 Å². The van der Waals surface area contributed by atoms with E-state index in [2.05, 4.69) is 23.7 Å². The van der Waals surface area contributed by atoms with Gasteiger partial charge in [0.1, 0.15) is 6.04 Å². The molecule has 1 fully saturated rings. The van der Waals surface area contributed by atoms with E-state index < -0.39 is 17.8 Å². The summed E-state index contributed by atoms with van der Waals surface area (Å²) in [5, 5.41) is 0. The molecule has 0 N–H and O–H groups in total. The molecule has 1 aromatic heterocycles. The van der Waals surface area contributed by atoms with E-state index in [4.69, 9.17) is 0 Å². The predicted octanol–water partition coefficient (Wildman–Crippen LogP) is 1.98. The molecule has 8 heteroatoms. The number of nitrogens with zero attached hydrogens (tertiary/aromatic N) is 4. The molecule has 2 aliphatic heterocycles. The maximum absolute atomic E-state index is 12.9. The molecule has 1 amide bonds. The third-order valence-corrected chi connectivity index (χ3v) is 4.57. The van der Waals surface area contributed by atoms with Crippen molar-refractivity contribution in [2.45, 2.75) is 32.1 Å². The zero-order valence-electron chi connectivity index (χ0n) is 13.3. The smallest absolute Gasteiger partial charge is 0.340 e. The van der Waals surface area contributed by atoms with E-state index in [0.717, 1.165) is 18.8 Å². The highest BCUT2D eigenvalue weighted by molar-refractivity contribution is 6.04. The minimum atomic E-state index is -4.47. The predicted molar refractivity (Wildman–Crippen MR) is 80.5 cm³/mol. The number of anilines is 2. The van der Waals surface area contributed by atoms with E-state index in [1.54, 1.807) is 0 Å². The van der Waals surface area contributed by atoms with Crippen LogP contribution in [0.3, 0.4) is 0 Å². The van der Waals surface area contributed by atoms with Gasteiger partial charge in [-0.05, 0) is 19.9 Å². The molecule has 1 saturated heterocycles. The Bertz CT molecular complexity index is 632. The molecular weight excluding hydrogens is 309 g/mol. The number of amides is 1. The third kappa shape index (κ3) is 2.65. The SMILES string of the molecule is CC(C)N1CCN2c3ncc(C(F)(F)F)cc3N(C)C(=O)[C@H]2C1. The van der Waals surface area contributed by atoms with E-state index in [-0.39, 0.29) is 11.6 Å². The number of carbonyl (C=O) groups excluding carboxylic acids is 1. The Balaban J connectivity index is 1.99. The van der Waals surface area contributed by atoms with Crippen LogP contribution in [-0.2, 0) is 11.0 Å². The Kier molecular flexibility index (Phi) is 3.74. The van der Waals surface area contributed by atoms with Crippen molar-refractivity contribution < 1.29 is 18.0 Å². The van der Waals surface area contributed by atoms with Crippen molar-refractivity contribution in [3.05, 3.63) is 17.8 Å². The monoisotopic (exact) mass is 328 g/mol. The molecule has 1 aromatic rings. The van der Waals surface area contributed by atoms with Crippen molar-refractivity contribution in [2.24, 2.45) is 0 Å². The van der Waals surface area contributed by atoms with Crippen LogP contribution in [0.15, 0.2) is 12.3 Å². The van der Waals surface area contributed by atoms with Crippen LogP contribution in [0.25, 0.3) is 0 Å². The number of aromatic nitrogens is 1. The third-order valence-electron chi connectivity index (χ3n) is 4.57. The second-order valence-corrected chi connectivity index (χ2v) is 6.26. The molecule has 126 valence electrons. The van der Waals surface area contributed by atoms with Gasteiger partial charge < -0.3 is 9.80 Å². The lowest BCUT2D eigenvalue weighted by Crippen LogP contribution is -2.63. The fourth-order valence-corrected chi connectivity index (χ4v) is 3.15. The quantitative estimate of drug-likeness (QED) is 0.790. The van der Waals surface area contributed by atoms with Gasteiger partial charge >= 0.3 is 6.18 Å². The maximum atomic E-state index is 12.9. The molecule has 0 aliphatic carbocycles. The Morgan fingerprint density at radius 3 is 2.61 bits per heavy atom. The van der Waals surface area contributed by atoms with Crippen molar-refractivity contribution in [3.63, 3.8) is 0 Å². The normalized spacial score (nSPS) is 22.4. The lowest BCUT2D eigenvalue weighted by Gasteiger charge is -2.47. The van der Waals surface area contributed by atoms with Crippen LogP contribution in [0.2, 0.25) is 0 Å². The van der Waals surface area contributed by atoms with Crippen molar-refractivity contribution in [2.75, 3.05) is 36.5 Å². The second kappa shape index (κ2) is 5.36. The van der Waals surface area contributed by atoms with Crippen molar-refractivity contribution in [1.29, 1.82) is 0 Å². The largest absolute Gasteiger partial charge is 0.417 e. The number of hydrogen-bond acceptors (Lipinski definition) is 4. The second-order valence-electron chi connectivity index (χ2n) is 6.26. The highest BCUT2D eigenvalue weighted by Gasteiger charge is 2.42. The topological polar surface area (TPSA) is 39.7 Å². The van der Waals surface area contributed by atoms with Gasteiger partial charge in [-0.15, -0.1) is 0 Å². The molecule has 0 aromatic carbocycles. The lowest BCUT2D eigenvalue weighted by molar-refractivity contribution is -0.137. The average molecular weight is 328 g/mol. The summed E-state index contributed by atoms with van der Waals surface area (Å²) >= 11 is 0. The van der Waals surface area contributed by atoms with Gasteiger partial charge in [-0.3, -0.25) is 9.69 Å². The van der Waals surface area contributed by atoms with Crippen LogP contribution in [-0.4, -0.2) is 54.6 Å². The summed E-state index contributed by atoms with van der Waals surface area (Å²) in [6.07, 6.45) is -3.63. The van der Waals surface area contributed by atoms with E-state index in [0.29, 0.717) is 24.9 Å². The van der Waals surface area contributed by atoms with Crippen molar-refractivity contribution in [3.8, 4) is 0 Å². The summed E-state index contributed by atoms with van der Waals surface area (Å²) in [4.78, 5) is 21.9. The number of hydrogen-bond donors (Lipinski definition) is 0. The Hall–Kier alpha value is -1.83. The van der Waals surface area contributed by atoms with Gasteiger partial charge in [0.15, 0.2) is 5.82 Å². The van der Waals surface area contributed by atoms with Crippen LogP contribution in [0.1, 0.15) is 19.4 Å². The summed E-state index contributed by atoms with van der Waals surface area (Å²) in [6.45, 7) is 6.02. The number of piperazine rings is 1. The first-order valence-corrected chi connectivity index (χ1v) is 7.55. The molecule has 2 aliphatic rings. The molecule has 0 unspecified atom stereocenters. The summed E-state index contributed by atoms with van der Waals surface area (Å²) < 4.78 is 38.7. The molecule has 23 heavy (non-hydrogen) atoms. The van der Waals surface area contributed by atoms with E-state index in [9.17, 15) is 18.0 Å². The Morgan fingerprint density at radius 2 is 2.00 bits per heavy atom. The first-order valence-electron chi connectivity index (χ1n) is 7.55. The number of likely N-dealkylation sites (N-methyl/N-ethyl adjacent to an activating group) is 1. The molecule has 5 nitrogen and oxygen atoms in total. The van der Waals surface area contributed by atoms with Gasteiger partial charge in [-0.2, -0.15) is 13.2 Å². The Morgan fingerprint density at radius 1 is 1.30 bits per heavy atom. The highest BCUT2D eigenvalue weighted by Crippen LogP contribution is 2.39. The van der Waals surface area contributed by atoms with Gasteiger partial charge in [0, 0.05) is 38.9 Å². The summed E-state index contributed by atoms with van der Waals surface area (Å²) in [5.41, 5.74) is -0.616. The van der Waals surface area contributed by atoms with Crippen LogP contribution in [0, 0.1) is 0 Å². The van der Waals surface area contributed by atoms with Crippen molar-refractivity contribution in [1.82, 2.24) is 9.88 Å². The van der Waals surface area contributed by atoms with Crippen LogP contribution < -0.4 is 9.80 Å². The van der Waals surface area contributed by atoms with Crippen LogP contribution in [0.5, 0.6) is 0 Å². The molecule has 0 radical (unpaired) electrons. The number of carbonyl (C=O) groups is 1. The van der Waals surface area contributed by atoms with Gasteiger partial charge in [0.05, 0.1) is 11.3 Å². The zero-order chi connectivity index (χ0) is 16.9. The van der Waals surface area contributed by atoms with Crippen LogP contribution >= 0.6 is 0 Å². The maximum Gasteiger partial charge on any atom is 0.417 e. The fourth-order valence-electron chi connectivity index (χ4n) is 3.15. The molecule has 1 atom stereocenters. The van der Waals surface area contributed by atoms with Gasteiger partial charge in [-0.25, -0.2) is 4.98 Å². The van der Waals surface area contributed by atoms with E-state index in [1.807, 2.05) is 4.90 Å². The standard InChI is InChI=1S/C15H19F3N4O/c1-9(2)21-4-5-22-12(8-21)14(23)20(3)11-6-10(15(16,17)18)7-19-13(11)22/h6-7,9,12H,4-5,8H2,1-3H3/t12-/m1/s1. The van der Waals surface area contributed by atoms with Crippen LogP contribution in [0.4, 0.5) is 24.7 Å².